The molecule has 2 nitrogen and oxygen atoms in total. The van der Waals surface area contributed by atoms with Crippen molar-refractivity contribution in [3.63, 3.8) is 0 Å². The van der Waals surface area contributed by atoms with Gasteiger partial charge in [0.05, 0.1) is 6.61 Å². The van der Waals surface area contributed by atoms with Crippen molar-refractivity contribution in [3.05, 3.63) is 77.4 Å². The van der Waals surface area contributed by atoms with Crippen LogP contribution in [-0.2, 0) is 9.53 Å². The summed E-state index contributed by atoms with van der Waals surface area (Å²) in [5, 5.41) is 0. The van der Waals surface area contributed by atoms with Crippen LogP contribution in [-0.4, -0.2) is 18.8 Å². The molecule has 0 unspecified atom stereocenters. The molecular weight excluding hydrogens is 305 g/mol. The van der Waals surface area contributed by atoms with E-state index < -0.39 is 17.7 Å². The second-order valence-corrected chi connectivity index (χ2v) is 4.70. The highest BCUT2D eigenvalue weighted by Crippen LogP contribution is 2.37. The summed E-state index contributed by atoms with van der Waals surface area (Å²) in [6.45, 7) is 1.34. The van der Waals surface area contributed by atoms with E-state index in [0.717, 1.165) is 0 Å². The van der Waals surface area contributed by atoms with Gasteiger partial charge in [0.1, 0.15) is 5.57 Å². The predicted octanol–water partition coefficient (Wildman–Crippen LogP) is 4.61. The topological polar surface area (TPSA) is 26.3 Å². The highest BCUT2D eigenvalue weighted by Gasteiger charge is 2.43. The van der Waals surface area contributed by atoms with Crippen molar-refractivity contribution < 1.29 is 22.7 Å². The molecule has 0 aliphatic heterocycles. The summed E-state index contributed by atoms with van der Waals surface area (Å²) in [5.41, 5.74) is -0.868. The van der Waals surface area contributed by atoms with Gasteiger partial charge in [0, 0.05) is 5.57 Å². The fourth-order valence-electron chi connectivity index (χ4n) is 2.23. The molecule has 0 spiro atoms. The quantitative estimate of drug-likeness (QED) is 0.607. The number of halogens is 3. The summed E-state index contributed by atoms with van der Waals surface area (Å²) >= 11 is 0. The van der Waals surface area contributed by atoms with Gasteiger partial charge in [-0.3, -0.25) is 0 Å². The minimum Gasteiger partial charge on any atom is -0.462 e. The number of benzene rings is 2. The van der Waals surface area contributed by atoms with Crippen molar-refractivity contribution >= 4 is 11.5 Å². The maximum absolute atomic E-state index is 13.6. The maximum atomic E-state index is 13.6. The van der Waals surface area contributed by atoms with Crippen LogP contribution in [0, 0.1) is 0 Å². The zero-order valence-corrected chi connectivity index (χ0v) is 12.4. The van der Waals surface area contributed by atoms with Gasteiger partial charge in [-0.05, 0) is 18.1 Å². The van der Waals surface area contributed by atoms with Gasteiger partial charge in [0.25, 0.3) is 0 Å². The van der Waals surface area contributed by atoms with Crippen LogP contribution in [0.1, 0.15) is 18.1 Å². The Labute approximate surface area is 132 Å². The Hall–Kier alpha value is -2.56. The molecular formula is C18H15F3O2. The average Bonchev–Trinajstić information content (AvgIpc) is 2.53. The largest absolute Gasteiger partial charge is 0.462 e. The molecule has 0 heterocycles. The van der Waals surface area contributed by atoms with E-state index in [1.807, 2.05) is 0 Å². The monoisotopic (exact) mass is 320 g/mol. The number of carbonyl (C=O) groups excluding carboxylic acids is 1. The highest BCUT2D eigenvalue weighted by molar-refractivity contribution is 6.03. The summed E-state index contributed by atoms with van der Waals surface area (Å²) < 4.78 is 45.3. The summed E-state index contributed by atoms with van der Waals surface area (Å²) in [4.78, 5) is 12.0. The number of alkyl halides is 3. The molecule has 0 fully saturated rings. The first kappa shape index (κ1) is 16.8. The van der Waals surface area contributed by atoms with E-state index in [2.05, 4.69) is 4.74 Å². The fourth-order valence-corrected chi connectivity index (χ4v) is 2.23. The zero-order chi connectivity index (χ0) is 16.9. The molecule has 0 N–H and O–H groups in total. The second-order valence-electron chi connectivity index (χ2n) is 4.70. The summed E-state index contributed by atoms with van der Waals surface area (Å²) in [6, 6.07) is 16.0. The molecule has 120 valence electrons. The van der Waals surface area contributed by atoms with Crippen LogP contribution < -0.4 is 0 Å². The van der Waals surface area contributed by atoms with Crippen molar-refractivity contribution in [2.75, 3.05) is 6.61 Å². The van der Waals surface area contributed by atoms with E-state index in [1.165, 1.54) is 31.2 Å². The Kier molecular flexibility index (Phi) is 5.21. The fraction of sp³-hybridized carbons (Fsp3) is 0.167. The van der Waals surface area contributed by atoms with Crippen LogP contribution in [0.3, 0.4) is 0 Å². The van der Waals surface area contributed by atoms with E-state index in [-0.39, 0.29) is 12.2 Å². The molecule has 0 saturated heterocycles. The standard InChI is InChI=1S/C18H15F3O2/c1-2-23-17(22)16(18(19,20)21)15(13-9-5-3-6-10-13)14-11-7-4-8-12-14/h3-12H,2H2,1H3. The first-order valence-corrected chi connectivity index (χ1v) is 7.04. The molecule has 2 rings (SSSR count). The Morgan fingerprint density at radius 2 is 1.35 bits per heavy atom. The molecule has 2 aromatic rings. The lowest BCUT2D eigenvalue weighted by Gasteiger charge is -2.17. The van der Waals surface area contributed by atoms with Crippen LogP contribution >= 0.6 is 0 Å². The van der Waals surface area contributed by atoms with E-state index >= 15 is 0 Å². The molecule has 0 atom stereocenters. The molecule has 0 aliphatic carbocycles. The van der Waals surface area contributed by atoms with Crippen LogP contribution in [0.5, 0.6) is 0 Å². The smallest absolute Gasteiger partial charge is 0.424 e. The van der Waals surface area contributed by atoms with Crippen LogP contribution in [0.4, 0.5) is 13.2 Å². The van der Waals surface area contributed by atoms with Gasteiger partial charge < -0.3 is 4.74 Å². The van der Waals surface area contributed by atoms with E-state index in [9.17, 15) is 18.0 Å². The second kappa shape index (κ2) is 7.13. The summed E-state index contributed by atoms with van der Waals surface area (Å²) in [6.07, 6.45) is -4.83. The van der Waals surface area contributed by atoms with Crippen LogP contribution in [0.2, 0.25) is 0 Å². The lowest BCUT2D eigenvalue weighted by molar-refractivity contribution is -0.149. The van der Waals surface area contributed by atoms with Gasteiger partial charge in [0.15, 0.2) is 0 Å². The molecule has 0 aromatic heterocycles. The SMILES string of the molecule is CCOC(=O)C(=C(c1ccccc1)c1ccccc1)C(F)(F)F. The molecule has 23 heavy (non-hydrogen) atoms. The van der Waals surface area contributed by atoms with E-state index in [4.69, 9.17) is 0 Å². The zero-order valence-electron chi connectivity index (χ0n) is 12.4. The Bertz CT molecular complexity index is 648. The third-order valence-corrected chi connectivity index (χ3v) is 3.14. The van der Waals surface area contributed by atoms with Crippen molar-refractivity contribution in [3.8, 4) is 0 Å². The molecule has 0 amide bonds. The molecule has 2 aromatic carbocycles. The van der Waals surface area contributed by atoms with E-state index in [1.54, 1.807) is 36.4 Å². The molecule has 0 bridgehead atoms. The van der Waals surface area contributed by atoms with Gasteiger partial charge in [-0.15, -0.1) is 0 Å². The number of rotatable bonds is 4. The van der Waals surface area contributed by atoms with Crippen molar-refractivity contribution in [1.82, 2.24) is 0 Å². The number of ether oxygens (including phenoxy) is 1. The summed E-state index contributed by atoms with van der Waals surface area (Å²) in [5.74, 6) is -1.37. The Morgan fingerprint density at radius 1 is 0.913 bits per heavy atom. The Balaban J connectivity index is 2.78. The van der Waals surface area contributed by atoms with Gasteiger partial charge >= 0.3 is 12.1 Å². The van der Waals surface area contributed by atoms with Crippen molar-refractivity contribution in [1.29, 1.82) is 0 Å². The lowest BCUT2D eigenvalue weighted by Crippen LogP contribution is -2.24. The number of carbonyl (C=O) groups is 1. The van der Waals surface area contributed by atoms with Crippen LogP contribution in [0.15, 0.2) is 66.2 Å². The van der Waals surface area contributed by atoms with E-state index in [0.29, 0.717) is 11.1 Å². The van der Waals surface area contributed by atoms with Gasteiger partial charge in [-0.2, -0.15) is 13.2 Å². The highest BCUT2D eigenvalue weighted by atomic mass is 19.4. The lowest BCUT2D eigenvalue weighted by atomic mass is 9.92. The van der Waals surface area contributed by atoms with Gasteiger partial charge in [-0.25, -0.2) is 4.79 Å². The van der Waals surface area contributed by atoms with Gasteiger partial charge in [-0.1, -0.05) is 60.7 Å². The number of esters is 1. The maximum Gasteiger partial charge on any atom is 0.424 e. The third kappa shape index (κ3) is 4.00. The molecule has 0 saturated carbocycles. The van der Waals surface area contributed by atoms with Crippen LogP contribution in [0.25, 0.3) is 5.57 Å². The molecule has 0 aliphatic rings. The third-order valence-electron chi connectivity index (χ3n) is 3.14. The first-order chi connectivity index (χ1) is 10.9. The minimum absolute atomic E-state index is 0.130. The summed E-state index contributed by atoms with van der Waals surface area (Å²) in [7, 11) is 0. The normalized spacial score (nSPS) is 11.0. The van der Waals surface area contributed by atoms with Gasteiger partial charge in [0.2, 0.25) is 0 Å². The minimum atomic E-state index is -4.83. The Morgan fingerprint density at radius 3 is 1.70 bits per heavy atom. The molecule has 5 heteroatoms. The van der Waals surface area contributed by atoms with Crippen molar-refractivity contribution in [2.24, 2.45) is 0 Å². The molecule has 0 radical (unpaired) electrons. The van der Waals surface area contributed by atoms with Crippen molar-refractivity contribution in [2.45, 2.75) is 13.1 Å². The number of hydrogen-bond acceptors (Lipinski definition) is 2. The number of hydrogen-bond donors (Lipinski definition) is 0. The first-order valence-electron chi connectivity index (χ1n) is 7.04. The predicted molar refractivity (Wildman–Crippen MR) is 81.6 cm³/mol. The average molecular weight is 320 g/mol.